The Hall–Kier alpha value is -8.29. The second-order valence-corrected chi connectivity index (χ2v) is 19.9. The van der Waals surface area contributed by atoms with Crippen LogP contribution in [-0.2, 0) is 72.0 Å². The van der Waals surface area contributed by atoms with Crippen molar-refractivity contribution in [1.82, 2.24) is 62.8 Å². The number of thioether (sulfide) groups is 1. The largest absolute Gasteiger partial charge is 0.370 e. The van der Waals surface area contributed by atoms with Gasteiger partial charge < -0.3 is 69.3 Å². The lowest BCUT2D eigenvalue weighted by Gasteiger charge is -2.26. The molecule has 11 amide bonds. The summed E-state index contributed by atoms with van der Waals surface area (Å²) in [6, 6.07) is 6.29. The number of para-hydroxylation sites is 1. The standard InChI is InChI=1S/C51H68N14O11S/c1-27(2)43(51(76)56-25-42(68)60-39(22-31-24-54-26-57-31)50(75)63-37(20-29-10-6-5-7-11-29)49(74)61-34(44(53)69)18-19-77-4)65-45(70)28(3)58-48(73)38(21-30-23-55-33-13-9-8-12-32(30)33)64-47(72)36(14-16-40(52)66)62-46(71)35-15-17-41(67)59-35/h5-13,23-24,26-28,34-39,43,55H,14-22,25H2,1-4H3,(H2,52,66)(H2,53,69)(H,54,57)(H,56,76)(H,58,73)(H,59,67)(H,60,68)(H,61,74)(H,62,71)(H,63,75)(H,64,72)(H,65,70)/t28-,34-,35+,36-,37-,38-,39-,43-/m0/s1. The van der Waals surface area contributed by atoms with Gasteiger partial charge in [0.2, 0.25) is 65.0 Å². The van der Waals surface area contributed by atoms with Crippen molar-refractivity contribution >= 4 is 87.6 Å². The number of fused-ring (bicyclic) bond motifs is 1. The molecule has 1 fully saturated rings. The van der Waals surface area contributed by atoms with Gasteiger partial charge in [-0.3, -0.25) is 52.7 Å². The Balaban J connectivity index is 1.25. The summed E-state index contributed by atoms with van der Waals surface area (Å²) in [6.45, 7) is 3.96. The van der Waals surface area contributed by atoms with Crippen molar-refractivity contribution in [3.05, 3.63) is 90.1 Å². The molecule has 0 unspecified atom stereocenters. The maximum Gasteiger partial charge on any atom is 0.243 e. The third-order valence-electron chi connectivity index (χ3n) is 12.6. The van der Waals surface area contributed by atoms with E-state index < -0.39 is 120 Å². The number of carbonyl (C=O) groups is 11. The molecule has 2 aromatic heterocycles. The minimum absolute atomic E-state index is 0.0189. The highest BCUT2D eigenvalue weighted by Gasteiger charge is 2.35. The molecule has 26 heteroatoms. The highest BCUT2D eigenvalue weighted by Crippen LogP contribution is 2.20. The average molecular weight is 1090 g/mol. The van der Waals surface area contributed by atoms with Gasteiger partial charge in [0.05, 0.1) is 12.9 Å². The molecule has 414 valence electrons. The number of carbonyl (C=O) groups excluding carboxylic acids is 11. The SMILES string of the molecule is CSCC[C@H](NC(=O)[C@H](Cc1ccccc1)NC(=O)[C@H](Cc1cnc[nH]1)NC(=O)CNC(=O)[C@@H](NC(=O)[C@H](C)NC(=O)[C@H](Cc1c[nH]c2ccccc12)NC(=O)[C@H](CCC(N)=O)NC(=O)[C@H]1CCC(=O)N1)C(C)C)C(N)=O. The zero-order chi connectivity index (χ0) is 56.2. The van der Waals surface area contributed by atoms with Gasteiger partial charge in [-0.05, 0) is 61.3 Å². The molecule has 0 radical (unpaired) electrons. The normalized spacial score (nSPS) is 15.8. The van der Waals surface area contributed by atoms with Crippen LogP contribution in [0.1, 0.15) is 69.7 Å². The molecule has 2 aromatic carbocycles. The monoisotopic (exact) mass is 1080 g/mol. The lowest BCUT2D eigenvalue weighted by molar-refractivity contribution is -0.135. The molecule has 1 aliphatic rings. The summed E-state index contributed by atoms with van der Waals surface area (Å²) in [6.07, 6.45) is 6.13. The molecule has 0 saturated carbocycles. The summed E-state index contributed by atoms with van der Waals surface area (Å²) in [7, 11) is 0. The van der Waals surface area contributed by atoms with Gasteiger partial charge >= 0.3 is 0 Å². The van der Waals surface area contributed by atoms with Crippen molar-refractivity contribution < 1.29 is 52.7 Å². The van der Waals surface area contributed by atoms with E-state index in [0.717, 1.165) is 10.9 Å². The number of rotatable bonds is 30. The number of nitrogens with zero attached hydrogens (tertiary/aromatic N) is 1. The van der Waals surface area contributed by atoms with Crippen LogP contribution in [-0.4, -0.2) is 147 Å². The van der Waals surface area contributed by atoms with Gasteiger partial charge in [-0.25, -0.2) is 4.98 Å². The third-order valence-corrected chi connectivity index (χ3v) is 13.2. The van der Waals surface area contributed by atoms with Crippen molar-refractivity contribution in [3.63, 3.8) is 0 Å². The molecule has 0 aliphatic carbocycles. The summed E-state index contributed by atoms with van der Waals surface area (Å²) in [5.41, 5.74) is 13.5. The number of amides is 11. The fraction of sp³-hybridized carbons (Fsp3) is 0.451. The highest BCUT2D eigenvalue weighted by molar-refractivity contribution is 7.98. The van der Waals surface area contributed by atoms with Crippen molar-refractivity contribution in [2.24, 2.45) is 17.4 Å². The predicted molar refractivity (Wildman–Crippen MR) is 283 cm³/mol. The molecule has 15 N–H and O–H groups in total. The number of nitrogens with one attached hydrogen (secondary N) is 11. The fourth-order valence-electron chi connectivity index (χ4n) is 8.31. The number of aromatic amines is 2. The quantitative estimate of drug-likeness (QED) is 0.0266. The lowest BCUT2D eigenvalue weighted by Crippen LogP contribution is -2.59. The molecule has 77 heavy (non-hydrogen) atoms. The zero-order valence-electron chi connectivity index (χ0n) is 43.2. The maximum absolute atomic E-state index is 14.1. The first kappa shape index (κ1) is 59.6. The fourth-order valence-corrected chi connectivity index (χ4v) is 8.78. The summed E-state index contributed by atoms with van der Waals surface area (Å²) in [4.78, 5) is 156. The minimum atomic E-state index is -1.37. The number of benzene rings is 2. The number of nitrogens with two attached hydrogens (primary N) is 2. The Labute approximate surface area is 448 Å². The van der Waals surface area contributed by atoms with Gasteiger partial charge in [-0.2, -0.15) is 11.8 Å². The minimum Gasteiger partial charge on any atom is -0.370 e. The van der Waals surface area contributed by atoms with Gasteiger partial charge in [0.25, 0.3) is 0 Å². The van der Waals surface area contributed by atoms with Crippen molar-refractivity contribution in [3.8, 4) is 0 Å². The van der Waals surface area contributed by atoms with Gasteiger partial charge in [0.1, 0.15) is 48.3 Å². The Morgan fingerprint density at radius 3 is 1.95 bits per heavy atom. The molecule has 4 aromatic rings. The highest BCUT2D eigenvalue weighted by atomic mass is 32.2. The van der Waals surface area contributed by atoms with E-state index in [-0.39, 0.29) is 57.3 Å². The predicted octanol–water partition coefficient (Wildman–Crippen LogP) is -2.11. The van der Waals surface area contributed by atoms with Gasteiger partial charge in [0, 0.05) is 61.1 Å². The van der Waals surface area contributed by atoms with Gasteiger partial charge in [-0.15, -0.1) is 0 Å². The smallest absolute Gasteiger partial charge is 0.243 e. The summed E-state index contributed by atoms with van der Waals surface area (Å²) >= 11 is 1.46. The lowest BCUT2D eigenvalue weighted by atomic mass is 10.0. The number of imidazole rings is 1. The van der Waals surface area contributed by atoms with Crippen LogP contribution in [0.2, 0.25) is 0 Å². The van der Waals surface area contributed by atoms with E-state index in [9.17, 15) is 52.7 Å². The first-order valence-corrected chi connectivity index (χ1v) is 26.4. The van der Waals surface area contributed by atoms with Crippen molar-refractivity contribution in [1.29, 1.82) is 0 Å². The summed E-state index contributed by atoms with van der Waals surface area (Å²) < 4.78 is 0. The van der Waals surface area contributed by atoms with Crippen LogP contribution in [0.3, 0.4) is 0 Å². The second-order valence-electron chi connectivity index (χ2n) is 18.9. The Morgan fingerprint density at radius 2 is 1.32 bits per heavy atom. The summed E-state index contributed by atoms with van der Waals surface area (Å²) in [5, 5.41) is 24.1. The van der Waals surface area contributed by atoms with Gasteiger partial charge in [-0.1, -0.05) is 62.4 Å². The van der Waals surface area contributed by atoms with E-state index >= 15 is 0 Å². The zero-order valence-corrected chi connectivity index (χ0v) is 44.0. The van der Waals surface area contributed by atoms with Crippen LogP contribution in [0, 0.1) is 5.92 Å². The molecule has 0 spiro atoms. The van der Waals surface area contributed by atoms with Gasteiger partial charge in [0.15, 0.2) is 0 Å². The van der Waals surface area contributed by atoms with E-state index in [1.54, 1.807) is 62.5 Å². The maximum atomic E-state index is 14.1. The van der Waals surface area contributed by atoms with Crippen LogP contribution in [0.15, 0.2) is 73.3 Å². The molecule has 1 aliphatic heterocycles. The summed E-state index contributed by atoms with van der Waals surface area (Å²) in [5.74, 6) is -8.08. The Kier molecular flexibility index (Phi) is 22.5. The number of hydrogen-bond acceptors (Lipinski definition) is 13. The van der Waals surface area contributed by atoms with Crippen LogP contribution in [0.25, 0.3) is 10.9 Å². The first-order chi connectivity index (χ1) is 36.7. The molecule has 5 rings (SSSR count). The van der Waals surface area contributed by atoms with Crippen molar-refractivity contribution in [2.45, 2.75) is 120 Å². The van der Waals surface area contributed by atoms with Crippen LogP contribution in [0.4, 0.5) is 0 Å². The van der Waals surface area contributed by atoms with Crippen LogP contribution < -0.4 is 59.3 Å². The first-order valence-electron chi connectivity index (χ1n) is 25.0. The van der Waals surface area contributed by atoms with E-state index in [0.29, 0.717) is 22.6 Å². The van der Waals surface area contributed by atoms with Crippen LogP contribution >= 0.6 is 11.8 Å². The average Bonchev–Trinajstić information content (AvgIpc) is 4.18. The number of primary amides is 2. The molecular weight excluding hydrogens is 1020 g/mol. The molecule has 3 heterocycles. The van der Waals surface area contributed by atoms with Crippen molar-refractivity contribution in [2.75, 3.05) is 18.6 Å². The van der Waals surface area contributed by atoms with E-state index in [1.165, 1.54) is 31.2 Å². The van der Waals surface area contributed by atoms with E-state index in [4.69, 9.17) is 11.5 Å². The second kappa shape index (κ2) is 29.1. The number of aromatic nitrogens is 3. The molecular formula is C51H68N14O11S. The number of H-pyrrole nitrogens is 2. The Morgan fingerprint density at radius 1 is 0.688 bits per heavy atom. The van der Waals surface area contributed by atoms with E-state index in [1.807, 2.05) is 18.4 Å². The molecule has 1 saturated heterocycles. The molecule has 0 bridgehead atoms. The molecule has 8 atom stereocenters. The Bertz CT molecular complexity index is 2740. The van der Waals surface area contributed by atoms with Crippen LogP contribution in [0.5, 0.6) is 0 Å². The third kappa shape index (κ3) is 18.5. The molecule has 25 nitrogen and oxygen atoms in total. The topological polar surface area (TPSA) is 393 Å². The number of hydrogen-bond donors (Lipinski definition) is 13. The van der Waals surface area contributed by atoms with E-state index in [2.05, 4.69) is 62.8 Å².